The maximum Gasteiger partial charge on any atom is 0.255 e. The second-order valence-corrected chi connectivity index (χ2v) is 9.24. The third kappa shape index (κ3) is 3.98. The lowest BCUT2D eigenvalue weighted by Gasteiger charge is -2.25. The Balaban J connectivity index is 1.34. The predicted molar refractivity (Wildman–Crippen MR) is 127 cm³/mol. The zero-order valence-corrected chi connectivity index (χ0v) is 18.2. The van der Waals surface area contributed by atoms with Crippen LogP contribution in [0, 0.1) is 6.92 Å². The minimum Gasteiger partial charge on any atom is -0.322 e. The van der Waals surface area contributed by atoms with Crippen molar-refractivity contribution in [3.63, 3.8) is 0 Å². The molecule has 1 saturated heterocycles. The van der Waals surface area contributed by atoms with Crippen LogP contribution in [0.25, 0.3) is 0 Å². The molecule has 0 bridgehead atoms. The largest absolute Gasteiger partial charge is 0.322 e. The van der Waals surface area contributed by atoms with Crippen LogP contribution in [0.15, 0.2) is 66.7 Å². The third-order valence-electron chi connectivity index (χ3n) is 6.00. The number of amides is 2. The molecule has 1 atom stereocenters. The molecular weight excluding hydrogens is 404 g/mol. The number of hydrogen-bond acceptors (Lipinski definition) is 3. The van der Waals surface area contributed by atoms with E-state index in [2.05, 4.69) is 23.5 Å². The van der Waals surface area contributed by atoms with Crippen LogP contribution >= 0.6 is 11.8 Å². The fraction of sp³-hybridized carbons (Fsp3) is 0.231. The van der Waals surface area contributed by atoms with Crippen molar-refractivity contribution in [2.75, 3.05) is 16.0 Å². The summed E-state index contributed by atoms with van der Waals surface area (Å²) in [6.45, 7) is 2.00. The number of nitrogens with zero attached hydrogens (tertiary/aromatic N) is 1. The Hall–Kier alpha value is -3.05. The molecule has 2 amide bonds. The van der Waals surface area contributed by atoms with Gasteiger partial charge in [0, 0.05) is 16.9 Å². The van der Waals surface area contributed by atoms with E-state index in [1.54, 1.807) is 11.8 Å². The van der Waals surface area contributed by atoms with Crippen molar-refractivity contribution >= 4 is 35.0 Å². The van der Waals surface area contributed by atoms with Crippen LogP contribution in [-0.2, 0) is 17.6 Å². The summed E-state index contributed by atoms with van der Waals surface area (Å²) in [5.74, 6) is 0.496. The monoisotopic (exact) mass is 428 g/mol. The molecule has 5 heteroatoms. The number of rotatable bonds is 4. The summed E-state index contributed by atoms with van der Waals surface area (Å²) in [5, 5.41) is 2.90. The van der Waals surface area contributed by atoms with E-state index in [0.29, 0.717) is 11.3 Å². The first kappa shape index (κ1) is 19.9. The average Bonchev–Trinajstić information content (AvgIpc) is 3.40. The summed E-state index contributed by atoms with van der Waals surface area (Å²) >= 11 is 1.65. The number of anilines is 2. The van der Waals surface area contributed by atoms with Crippen LogP contribution in [0.3, 0.4) is 0 Å². The highest BCUT2D eigenvalue weighted by Crippen LogP contribution is 2.42. The van der Waals surface area contributed by atoms with Gasteiger partial charge < -0.3 is 5.32 Å². The minimum absolute atomic E-state index is 0.0474. The number of carbonyl (C=O) groups is 2. The standard InChI is InChI=1S/C26H24N2O2S/c1-17-5-7-19(8-6-17)25(30)27-22-12-9-20(10-13-22)26-28(24(29)16-31-26)23-14-11-18-3-2-4-21(18)15-23/h5-15,26H,2-4,16H2,1H3,(H,27,30)/t26-/m0/s1. The highest BCUT2D eigenvalue weighted by atomic mass is 32.2. The molecule has 3 aromatic carbocycles. The highest BCUT2D eigenvalue weighted by molar-refractivity contribution is 8.00. The van der Waals surface area contributed by atoms with Crippen molar-refractivity contribution in [3.05, 3.63) is 94.5 Å². The van der Waals surface area contributed by atoms with Crippen molar-refractivity contribution in [1.29, 1.82) is 0 Å². The van der Waals surface area contributed by atoms with Crippen LogP contribution < -0.4 is 10.2 Å². The number of benzene rings is 3. The summed E-state index contributed by atoms with van der Waals surface area (Å²) in [6, 6.07) is 21.8. The lowest BCUT2D eigenvalue weighted by molar-refractivity contribution is -0.115. The molecule has 0 radical (unpaired) electrons. The molecule has 156 valence electrons. The van der Waals surface area contributed by atoms with Crippen LogP contribution in [0.2, 0.25) is 0 Å². The maximum atomic E-state index is 12.7. The van der Waals surface area contributed by atoms with Gasteiger partial charge in [0.05, 0.1) is 5.75 Å². The number of thioether (sulfide) groups is 1. The predicted octanol–water partition coefficient (Wildman–Crippen LogP) is 5.51. The van der Waals surface area contributed by atoms with E-state index in [1.807, 2.05) is 60.4 Å². The molecule has 0 aromatic heterocycles. The molecule has 5 rings (SSSR count). The van der Waals surface area contributed by atoms with Gasteiger partial charge in [0.1, 0.15) is 5.37 Å². The van der Waals surface area contributed by atoms with E-state index in [4.69, 9.17) is 0 Å². The number of carbonyl (C=O) groups excluding carboxylic acids is 2. The van der Waals surface area contributed by atoms with Crippen molar-refractivity contribution in [2.45, 2.75) is 31.6 Å². The van der Waals surface area contributed by atoms with E-state index in [0.717, 1.165) is 35.3 Å². The Kier molecular flexibility index (Phi) is 5.28. The summed E-state index contributed by atoms with van der Waals surface area (Å²) in [6.07, 6.45) is 3.43. The lowest BCUT2D eigenvalue weighted by atomic mass is 10.1. The molecule has 2 aliphatic rings. The molecule has 1 aliphatic heterocycles. The normalized spacial score (nSPS) is 17.6. The highest BCUT2D eigenvalue weighted by Gasteiger charge is 2.34. The average molecular weight is 429 g/mol. The summed E-state index contributed by atoms with van der Waals surface area (Å²) in [4.78, 5) is 27.1. The molecule has 1 aliphatic carbocycles. The van der Waals surface area contributed by atoms with Crippen LogP contribution in [-0.4, -0.2) is 17.6 Å². The summed E-state index contributed by atoms with van der Waals surface area (Å²) < 4.78 is 0. The first-order chi connectivity index (χ1) is 15.1. The zero-order valence-electron chi connectivity index (χ0n) is 17.4. The zero-order chi connectivity index (χ0) is 21.4. The topological polar surface area (TPSA) is 49.4 Å². The maximum absolute atomic E-state index is 12.7. The van der Waals surface area contributed by atoms with Gasteiger partial charge in [-0.05, 0) is 79.3 Å². The van der Waals surface area contributed by atoms with Crippen molar-refractivity contribution in [2.24, 2.45) is 0 Å². The molecule has 0 spiro atoms. The Labute approximate surface area is 186 Å². The summed E-state index contributed by atoms with van der Waals surface area (Å²) in [7, 11) is 0. The molecule has 31 heavy (non-hydrogen) atoms. The Bertz CT molecular complexity index is 1140. The van der Waals surface area contributed by atoms with Crippen molar-refractivity contribution in [1.82, 2.24) is 0 Å². The van der Waals surface area contributed by atoms with E-state index < -0.39 is 0 Å². The van der Waals surface area contributed by atoms with Crippen molar-refractivity contribution in [3.8, 4) is 0 Å². The fourth-order valence-corrected chi connectivity index (χ4v) is 5.47. The quantitative estimate of drug-likeness (QED) is 0.596. The van der Waals surface area contributed by atoms with Crippen LogP contribution in [0.5, 0.6) is 0 Å². The van der Waals surface area contributed by atoms with Crippen LogP contribution in [0.4, 0.5) is 11.4 Å². The first-order valence-electron chi connectivity index (χ1n) is 10.6. The van der Waals surface area contributed by atoms with Gasteiger partial charge in [0.25, 0.3) is 5.91 Å². The van der Waals surface area contributed by atoms with Gasteiger partial charge in [-0.3, -0.25) is 14.5 Å². The molecule has 4 nitrogen and oxygen atoms in total. The van der Waals surface area contributed by atoms with Gasteiger partial charge in [-0.25, -0.2) is 0 Å². The van der Waals surface area contributed by atoms with E-state index in [1.165, 1.54) is 17.5 Å². The molecule has 0 saturated carbocycles. The van der Waals surface area contributed by atoms with E-state index in [-0.39, 0.29) is 17.2 Å². The molecule has 1 fully saturated rings. The Morgan fingerprint density at radius 2 is 1.71 bits per heavy atom. The van der Waals surface area contributed by atoms with Gasteiger partial charge in [0.15, 0.2) is 0 Å². The third-order valence-corrected chi connectivity index (χ3v) is 7.21. The molecule has 1 N–H and O–H groups in total. The fourth-order valence-electron chi connectivity index (χ4n) is 4.30. The molecule has 0 unspecified atom stereocenters. The van der Waals surface area contributed by atoms with Crippen molar-refractivity contribution < 1.29 is 9.59 Å². The molecule has 1 heterocycles. The summed E-state index contributed by atoms with van der Waals surface area (Å²) in [5.41, 5.74) is 7.32. The second kappa shape index (κ2) is 8.23. The van der Waals surface area contributed by atoms with Crippen LogP contribution in [0.1, 0.15) is 44.4 Å². The number of aryl methyl sites for hydroxylation is 3. The lowest BCUT2D eigenvalue weighted by Crippen LogP contribution is -2.27. The van der Waals surface area contributed by atoms with E-state index >= 15 is 0 Å². The van der Waals surface area contributed by atoms with Gasteiger partial charge in [0.2, 0.25) is 5.91 Å². The van der Waals surface area contributed by atoms with E-state index in [9.17, 15) is 9.59 Å². The number of hydrogen-bond donors (Lipinski definition) is 1. The first-order valence-corrected chi connectivity index (χ1v) is 11.7. The SMILES string of the molecule is Cc1ccc(C(=O)Nc2ccc([C@@H]3SCC(=O)N3c3ccc4c(c3)CCC4)cc2)cc1. The minimum atomic E-state index is -0.127. The van der Waals surface area contributed by atoms with Gasteiger partial charge in [-0.15, -0.1) is 11.8 Å². The van der Waals surface area contributed by atoms with Gasteiger partial charge in [-0.2, -0.15) is 0 Å². The number of fused-ring (bicyclic) bond motifs is 1. The smallest absolute Gasteiger partial charge is 0.255 e. The van der Waals surface area contributed by atoms with Gasteiger partial charge in [-0.1, -0.05) is 35.9 Å². The molecule has 3 aromatic rings. The Morgan fingerprint density at radius 1 is 0.968 bits per heavy atom. The molecular formula is C26H24N2O2S. The number of nitrogens with one attached hydrogen (secondary N) is 1. The second-order valence-electron chi connectivity index (χ2n) is 8.18. The Morgan fingerprint density at radius 3 is 2.48 bits per heavy atom. The van der Waals surface area contributed by atoms with Gasteiger partial charge >= 0.3 is 0 Å².